The fourth-order valence-corrected chi connectivity index (χ4v) is 3.23. The molecular formula is C18H22N2O3. The van der Waals surface area contributed by atoms with Crippen molar-refractivity contribution < 1.29 is 15.0 Å². The maximum Gasteiger partial charge on any atom is 0.310 e. The van der Waals surface area contributed by atoms with Gasteiger partial charge in [-0.25, -0.2) is 4.98 Å². The van der Waals surface area contributed by atoms with Crippen LogP contribution in [0.1, 0.15) is 23.1 Å². The monoisotopic (exact) mass is 314 g/mol. The van der Waals surface area contributed by atoms with Gasteiger partial charge >= 0.3 is 5.97 Å². The third-order valence-electron chi connectivity index (χ3n) is 4.92. The van der Waals surface area contributed by atoms with E-state index in [0.29, 0.717) is 19.5 Å². The minimum Gasteiger partial charge on any atom is -0.481 e. The van der Waals surface area contributed by atoms with E-state index in [-0.39, 0.29) is 0 Å². The smallest absolute Gasteiger partial charge is 0.310 e. The molecule has 1 fully saturated rings. The normalized spacial score (nSPS) is 21.7. The second-order valence-corrected chi connectivity index (χ2v) is 6.45. The highest BCUT2D eigenvalue weighted by molar-refractivity contribution is 5.87. The number of piperidine rings is 1. The molecule has 2 N–H and O–H groups in total. The Labute approximate surface area is 135 Å². The van der Waals surface area contributed by atoms with Gasteiger partial charge in [-0.1, -0.05) is 12.1 Å². The quantitative estimate of drug-likeness (QED) is 0.890. The van der Waals surface area contributed by atoms with Gasteiger partial charge in [0, 0.05) is 18.5 Å². The van der Waals surface area contributed by atoms with Crippen molar-refractivity contribution in [2.24, 2.45) is 5.92 Å². The fraction of sp³-hybridized carbons (Fsp3) is 0.444. The van der Waals surface area contributed by atoms with Crippen LogP contribution in [0, 0.1) is 26.7 Å². The van der Waals surface area contributed by atoms with E-state index >= 15 is 0 Å². The van der Waals surface area contributed by atoms with E-state index in [1.807, 2.05) is 11.0 Å². The summed E-state index contributed by atoms with van der Waals surface area (Å²) in [5, 5.41) is 20.3. The number of anilines is 1. The minimum atomic E-state index is -0.952. The van der Waals surface area contributed by atoms with Crippen molar-refractivity contribution in [1.82, 2.24) is 4.98 Å². The molecule has 0 bridgehead atoms. The summed E-state index contributed by atoms with van der Waals surface area (Å²) in [5.41, 5.74) is 4.45. The predicted octanol–water partition coefficient (Wildman–Crippen LogP) is 2.43. The number of hydrogen-bond donors (Lipinski definition) is 2. The number of aromatic nitrogens is 1. The molecule has 5 heteroatoms. The lowest BCUT2D eigenvalue weighted by Gasteiger charge is -2.35. The Balaban J connectivity index is 2.03. The zero-order chi connectivity index (χ0) is 16.7. The highest BCUT2D eigenvalue weighted by Gasteiger charge is 2.33. The van der Waals surface area contributed by atoms with Gasteiger partial charge in [0.2, 0.25) is 0 Å². The van der Waals surface area contributed by atoms with Crippen LogP contribution in [-0.2, 0) is 4.79 Å². The summed E-state index contributed by atoms with van der Waals surface area (Å²) in [7, 11) is 0. The molecule has 1 aromatic heterocycles. The largest absolute Gasteiger partial charge is 0.481 e. The second kappa shape index (κ2) is 5.81. The zero-order valence-corrected chi connectivity index (χ0v) is 13.7. The number of aliphatic hydroxyl groups is 1. The van der Waals surface area contributed by atoms with Gasteiger partial charge in [-0.2, -0.15) is 0 Å². The molecule has 0 spiro atoms. The van der Waals surface area contributed by atoms with Crippen molar-refractivity contribution in [3.8, 4) is 0 Å². The van der Waals surface area contributed by atoms with Crippen molar-refractivity contribution in [1.29, 1.82) is 0 Å². The van der Waals surface area contributed by atoms with Crippen molar-refractivity contribution >= 4 is 22.7 Å². The summed E-state index contributed by atoms with van der Waals surface area (Å²) in [5.74, 6) is -0.922. The van der Waals surface area contributed by atoms with Gasteiger partial charge in [0.15, 0.2) is 0 Å². The molecular weight excluding hydrogens is 292 g/mol. The second-order valence-electron chi connectivity index (χ2n) is 6.45. The molecule has 0 aliphatic carbocycles. The van der Waals surface area contributed by atoms with Gasteiger partial charge < -0.3 is 15.1 Å². The van der Waals surface area contributed by atoms with Gasteiger partial charge in [-0.3, -0.25) is 4.79 Å². The lowest BCUT2D eigenvalue weighted by atomic mass is 9.94. The maximum atomic E-state index is 11.3. The van der Waals surface area contributed by atoms with Crippen LogP contribution >= 0.6 is 0 Å². The minimum absolute atomic E-state index is 0.291. The average Bonchev–Trinajstić information content (AvgIpc) is 2.51. The molecule has 23 heavy (non-hydrogen) atoms. The van der Waals surface area contributed by atoms with Gasteiger partial charge in [-0.15, -0.1) is 0 Å². The van der Waals surface area contributed by atoms with Crippen LogP contribution in [0.4, 0.5) is 5.82 Å². The molecule has 0 radical (unpaired) electrons. The first-order valence-corrected chi connectivity index (χ1v) is 7.92. The lowest BCUT2D eigenvalue weighted by molar-refractivity contribution is -0.146. The van der Waals surface area contributed by atoms with E-state index < -0.39 is 18.0 Å². The van der Waals surface area contributed by atoms with Crippen LogP contribution in [0.3, 0.4) is 0 Å². The van der Waals surface area contributed by atoms with Crippen LogP contribution in [0.5, 0.6) is 0 Å². The number of aliphatic carboxylic acids is 1. The number of carboxylic acid groups (broad SMARTS) is 1. The summed E-state index contributed by atoms with van der Waals surface area (Å²) in [6.07, 6.45) is -0.336. The molecule has 0 amide bonds. The topological polar surface area (TPSA) is 73.7 Å². The summed E-state index contributed by atoms with van der Waals surface area (Å²) in [6.45, 7) is 7.09. The Morgan fingerprint density at radius 3 is 2.70 bits per heavy atom. The molecule has 2 aromatic rings. The van der Waals surface area contributed by atoms with Crippen molar-refractivity contribution in [3.63, 3.8) is 0 Å². The first-order valence-electron chi connectivity index (χ1n) is 7.92. The summed E-state index contributed by atoms with van der Waals surface area (Å²) in [6, 6.07) is 6.20. The maximum absolute atomic E-state index is 11.3. The molecule has 5 nitrogen and oxygen atoms in total. The number of carboxylic acids is 1. The van der Waals surface area contributed by atoms with Crippen molar-refractivity contribution in [3.05, 3.63) is 34.9 Å². The van der Waals surface area contributed by atoms with Crippen LogP contribution < -0.4 is 4.90 Å². The number of pyridine rings is 1. The molecule has 3 rings (SSSR count). The highest BCUT2D eigenvalue weighted by atomic mass is 16.4. The van der Waals surface area contributed by atoms with Crippen molar-refractivity contribution in [2.45, 2.75) is 33.3 Å². The van der Waals surface area contributed by atoms with Crippen LogP contribution in [0.25, 0.3) is 10.9 Å². The van der Waals surface area contributed by atoms with Gasteiger partial charge in [0.05, 0.1) is 11.6 Å². The Morgan fingerprint density at radius 1 is 1.26 bits per heavy atom. The van der Waals surface area contributed by atoms with Gasteiger partial charge in [0.1, 0.15) is 11.7 Å². The summed E-state index contributed by atoms with van der Waals surface area (Å²) in [4.78, 5) is 18.1. The van der Waals surface area contributed by atoms with E-state index in [4.69, 9.17) is 4.98 Å². The van der Waals surface area contributed by atoms with Crippen molar-refractivity contribution in [2.75, 3.05) is 18.0 Å². The molecule has 0 saturated carbocycles. The summed E-state index contributed by atoms with van der Waals surface area (Å²) < 4.78 is 0. The Bertz CT molecular complexity index is 772. The standard InChI is InChI=1S/C18H22N2O3/c1-10-4-5-13-11(2)8-16(19-17(13)12(10)3)20-7-6-15(21)14(9-20)18(22)23/h4-5,8,14-15,21H,6-7,9H2,1-3H3,(H,22,23)/t14-,15+/m0/s1. The summed E-state index contributed by atoms with van der Waals surface area (Å²) >= 11 is 0. The average molecular weight is 314 g/mol. The molecule has 1 aromatic carbocycles. The fourth-order valence-electron chi connectivity index (χ4n) is 3.23. The third kappa shape index (κ3) is 2.77. The number of carbonyl (C=O) groups is 1. The Morgan fingerprint density at radius 2 is 2.00 bits per heavy atom. The number of aliphatic hydroxyl groups excluding tert-OH is 1. The predicted molar refractivity (Wildman–Crippen MR) is 89.9 cm³/mol. The SMILES string of the molecule is Cc1ccc2c(C)cc(N3CC[C@@H](O)[C@@H](C(=O)O)C3)nc2c1C. The van der Waals surface area contributed by atoms with E-state index in [0.717, 1.165) is 27.8 Å². The molecule has 122 valence electrons. The number of rotatable bonds is 2. The molecule has 2 atom stereocenters. The molecule has 1 aliphatic rings. The van der Waals surface area contributed by atoms with Gasteiger partial charge in [-0.05, 0) is 49.9 Å². The first kappa shape index (κ1) is 15.7. The van der Waals surface area contributed by atoms with E-state index in [2.05, 4.69) is 32.9 Å². The Kier molecular flexibility index (Phi) is 3.98. The zero-order valence-electron chi connectivity index (χ0n) is 13.7. The van der Waals surface area contributed by atoms with Crippen LogP contribution in [0.2, 0.25) is 0 Å². The number of benzene rings is 1. The number of fused-ring (bicyclic) bond motifs is 1. The number of hydrogen-bond acceptors (Lipinski definition) is 4. The van der Waals surface area contributed by atoms with Gasteiger partial charge in [0.25, 0.3) is 0 Å². The molecule has 1 saturated heterocycles. The first-order chi connectivity index (χ1) is 10.9. The van der Waals surface area contributed by atoms with E-state index in [1.54, 1.807) is 0 Å². The Hall–Kier alpha value is -2.14. The lowest BCUT2D eigenvalue weighted by Crippen LogP contribution is -2.46. The number of nitrogens with zero attached hydrogens (tertiary/aromatic N) is 2. The van der Waals surface area contributed by atoms with E-state index in [9.17, 15) is 15.0 Å². The highest BCUT2D eigenvalue weighted by Crippen LogP contribution is 2.29. The van der Waals surface area contributed by atoms with E-state index in [1.165, 1.54) is 5.56 Å². The van der Waals surface area contributed by atoms with Crippen LogP contribution in [-0.4, -0.2) is 40.4 Å². The molecule has 0 unspecified atom stereocenters. The van der Waals surface area contributed by atoms with Crippen LogP contribution in [0.15, 0.2) is 18.2 Å². The third-order valence-corrected chi connectivity index (χ3v) is 4.92. The molecule has 1 aliphatic heterocycles. The molecule has 2 heterocycles. The number of aryl methyl sites for hydroxylation is 3.